The third kappa shape index (κ3) is 5.19. The molecule has 4 nitrogen and oxygen atoms in total. The van der Waals surface area contributed by atoms with Gasteiger partial charge in [0.15, 0.2) is 0 Å². The van der Waals surface area contributed by atoms with Crippen molar-refractivity contribution in [2.45, 2.75) is 6.92 Å². The fourth-order valence-electron chi connectivity index (χ4n) is 0.583. The number of hydrogen-bond acceptors (Lipinski definition) is 4. The number of carbonyl (C=O) groups is 2. The number of nitrogens with zero attached hydrogens (tertiary/aromatic N) is 1. The lowest BCUT2D eigenvalue weighted by Gasteiger charge is -1.99. The van der Waals surface area contributed by atoms with Crippen LogP contribution in [-0.2, 0) is 14.3 Å². The lowest BCUT2D eigenvalue weighted by molar-refractivity contribution is -0.137. The van der Waals surface area contributed by atoms with Crippen LogP contribution in [0.2, 0.25) is 0 Å². The Morgan fingerprint density at radius 2 is 2.31 bits per heavy atom. The predicted molar refractivity (Wildman–Crippen MR) is 52.8 cm³/mol. The number of aliphatic imine (C=N–C) groups is 1. The highest BCUT2D eigenvalue weighted by Gasteiger charge is 2.06. The largest absolute Gasteiger partial charge is 0.462 e. The molecule has 0 spiro atoms. The minimum absolute atomic E-state index is 0.279. The Morgan fingerprint density at radius 1 is 1.62 bits per heavy atom. The topological polar surface area (TPSA) is 55.7 Å². The van der Waals surface area contributed by atoms with E-state index in [0.29, 0.717) is 13.0 Å². The van der Waals surface area contributed by atoms with E-state index < -0.39 is 5.97 Å². The molecule has 0 saturated heterocycles. The normalized spacial score (nSPS) is 11.7. The van der Waals surface area contributed by atoms with Crippen LogP contribution in [0.5, 0.6) is 0 Å². The number of rotatable bonds is 5. The molecule has 0 N–H and O–H groups in total. The zero-order chi connectivity index (χ0) is 10.1. The second-order valence-electron chi connectivity index (χ2n) is 1.91. The van der Waals surface area contributed by atoms with Crippen molar-refractivity contribution in [3.63, 3.8) is 0 Å². The summed E-state index contributed by atoms with van der Waals surface area (Å²) in [5.74, 6) is -0.470. The standard InChI is InChI=1S/C8H11NO3S/c1-3-12-8(11)7(5-13-2)4-9-6-10/h4-6H,3H2,1-2H3/b7-5-,9-4?. The van der Waals surface area contributed by atoms with E-state index in [1.807, 2.05) is 0 Å². The molecule has 72 valence electrons. The van der Waals surface area contributed by atoms with Crippen LogP contribution < -0.4 is 0 Å². The van der Waals surface area contributed by atoms with Gasteiger partial charge in [-0.25, -0.2) is 9.79 Å². The van der Waals surface area contributed by atoms with Gasteiger partial charge in [0.25, 0.3) is 0 Å². The van der Waals surface area contributed by atoms with Crippen molar-refractivity contribution in [1.82, 2.24) is 0 Å². The summed E-state index contributed by atoms with van der Waals surface area (Å²) in [4.78, 5) is 24.3. The lowest BCUT2D eigenvalue weighted by Crippen LogP contribution is -2.08. The van der Waals surface area contributed by atoms with Gasteiger partial charge in [-0.3, -0.25) is 4.79 Å². The Morgan fingerprint density at radius 3 is 2.77 bits per heavy atom. The molecule has 0 rings (SSSR count). The SMILES string of the molecule is CCOC(=O)/C(C=NC=O)=C\SC. The van der Waals surface area contributed by atoms with E-state index in [9.17, 15) is 9.59 Å². The lowest BCUT2D eigenvalue weighted by atomic mass is 10.3. The van der Waals surface area contributed by atoms with Crippen molar-refractivity contribution >= 4 is 30.4 Å². The number of thioether (sulfide) groups is 1. The molecule has 0 heterocycles. The van der Waals surface area contributed by atoms with E-state index in [4.69, 9.17) is 4.74 Å². The zero-order valence-electron chi connectivity index (χ0n) is 7.52. The second-order valence-corrected chi connectivity index (χ2v) is 2.62. The molecular weight excluding hydrogens is 190 g/mol. The van der Waals surface area contributed by atoms with Gasteiger partial charge in [-0.15, -0.1) is 11.8 Å². The van der Waals surface area contributed by atoms with Crippen LogP contribution in [0.1, 0.15) is 6.92 Å². The molecule has 0 atom stereocenters. The smallest absolute Gasteiger partial charge is 0.340 e. The molecule has 0 aromatic rings. The van der Waals surface area contributed by atoms with Crippen molar-refractivity contribution in [3.8, 4) is 0 Å². The summed E-state index contributed by atoms with van der Waals surface area (Å²) >= 11 is 1.34. The van der Waals surface area contributed by atoms with E-state index >= 15 is 0 Å². The van der Waals surface area contributed by atoms with Crippen LogP contribution in [0, 0.1) is 0 Å². The summed E-state index contributed by atoms with van der Waals surface area (Å²) in [5, 5.41) is 1.57. The van der Waals surface area contributed by atoms with Crippen LogP contribution in [0.3, 0.4) is 0 Å². The summed E-state index contributed by atoms with van der Waals surface area (Å²) in [6, 6.07) is 0. The van der Waals surface area contributed by atoms with Crippen molar-refractivity contribution in [2.75, 3.05) is 12.9 Å². The number of carbonyl (C=O) groups excluding carboxylic acids is 2. The van der Waals surface area contributed by atoms with E-state index in [2.05, 4.69) is 4.99 Å². The van der Waals surface area contributed by atoms with Crippen LogP contribution in [-0.4, -0.2) is 31.5 Å². The average molecular weight is 201 g/mol. The predicted octanol–water partition coefficient (Wildman–Crippen LogP) is 1.02. The molecule has 0 radical (unpaired) electrons. The number of ether oxygens (including phenoxy) is 1. The fraction of sp³-hybridized carbons (Fsp3) is 0.375. The Hall–Kier alpha value is -1.10. The first-order chi connectivity index (χ1) is 6.26. The van der Waals surface area contributed by atoms with Gasteiger partial charge in [0.05, 0.1) is 12.2 Å². The third-order valence-corrected chi connectivity index (χ3v) is 1.52. The molecule has 0 bridgehead atoms. The number of esters is 1. The van der Waals surface area contributed by atoms with E-state index in [0.717, 1.165) is 0 Å². The van der Waals surface area contributed by atoms with Gasteiger partial charge in [-0.2, -0.15) is 0 Å². The Bertz CT molecular complexity index is 236. The van der Waals surface area contributed by atoms with Gasteiger partial charge in [0.1, 0.15) is 0 Å². The van der Waals surface area contributed by atoms with Gasteiger partial charge >= 0.3 is 5.97 Å². The van der Waals surface area contributed by atoms with Crippen molar-refractivity contribution in [2.24, 2.45) is 4.99 Å². The van der Waals surface area contributed by atoms with Crippen molar-refractivity contribution in [1.29, 1.82) is 0 Å². The first-order valence-electron chi connectivity index (χ1n) is 3.63. The number of hydrogen-bond donors (Lipinski definition) is 0. The molecule has 0 aromatic heterocycles. The Kier molecular flexibility index (Phi) is 6.91. The summed E-state index contributed by atoms with van der Waals surface area (Å²) in [6.45, 7) is 2.02. The summed E-state index contributed by atoms with van der Waals surface area (Å²) in [7, 11) is 0. The monoisotopic (exact) mass is 201 g/mol. The van der Waals surface area contributed by atoms with Crippen molar-refractivity contribution < 1.29 is 14.3 Å². The molecule has 0 aliphatic carbocycles. The van der Waals surface area contributed by atoms with E-state index in [1.165, 1.54) is 18.0 Å². The maximum absolute atomic E-state index is 11.1. The molecule has 0 fully saturated rings. The van der Waals surface area contributed by atoms with Crippen LogP contribution in [0.15, 0.2) is 16.0 Å². The van der Waals surface area contributed by atoms with Crippen LogP contribution in [0.25, 0.3) is 0 Å². The minimum atomic E-state index is -0.470. The Labute approximate surface area is 81.1 Å². The molecule has 0 aromatic carbocycles. The maximum atomic E-state index is 11.1. The van der Waals surface area contributed by atoms with Gasteiger partial charge < -0.3 is 4.74 Å². The second kappa shape index (κ2) is 7.54. The van der Waals surface area contributed by atoms with Gasteiger partial charge in [-0.1, -0.05) is 0 Å². The molecule has 0 unspecified atom stereocenters. The fourth-order valence-corrected chi connectivity index (χ4v) is 0.994. The first kappa shape index (κ1) is 11.9. The van der Waals surface area contributed by atoms with Crippen LogP contribution >= 0.6 is 11.8 Å². The van der Waals surface area contributed by atoms with Gasteiger partial charge in [0, 0.05) is 6.21 Å². The quantitative estimate of drug-likeness (QED) is 0.288. The third-order valence-electron chi connectivity index (χ3n) is 1.03. The molecule has 13 heavy (non-hydrogen) atoms. The summed E-state index contributed by atoms with van der Waals surface area (Å²) in [5.41, 5.74) is 0.279. The number of amides is 1. The van der Waals surface area contributed by atoms with Gasteiger partial charge in [0.2, 0.25) is 6.41 Å². The van der Waals surface area contributed by atoms with E-state index in [1.54, 1.807) is 18.6 Å². The van der Waals surface area contributed by atoms with Gasteiger partial charge in [-0.05, 0) is 18.6 Å². The summed E-state index contributed by atoms with van der Waals surface area (Å²) in [6.07, 6.45) is 3.35. The molecule has 0 aliphatic heterocycles. The average Bonchev–Trinajstić information content (AvgIpc) is 2.12. The molecule has 0 saturated carbocycles. The first-order valence-corrected chi connectivity index (χ1v) is 4.92. The molecule has 1 amide bonds. The zero-order valence-corrected chi connectivity index (χ0v) is 8.34. The van der Waals surface area contributed by atoms with Crippen LogP contribution in [0.4, 0.5) is 0 Å². The highest BCUT2D eigenvalue weighted by molar-refractivity contribution is 8.01. The maximum Gasteiger partial charge on any atom is 0.340 e. The molecule has 5 heteroatoms. The summed E-state index contributed by atoms with van der Waals surface area (Å²) < 4.78 is 4.73. The highest BCUT2D eigenvalue weighted by atomic mass is 32.2. The molecule has 0 aliphatic rings. The highest BCUT2D eigenvalue weighted by Crippen LogP contribution is 2.03. The van der Waals surface area contributed by atoms with Crippen molar-refractivity contribution in [3.05, 3.63) is 11.0 Å². The molecular formula is C8H11NO3S. The minimum Gasteiger partial charge on any atom is -0.462 e. The van der Waals surface area contributed by atoms with E-state index in [-0.39, 0.29) is 5.57 Å². The Balaban J connectivity index is 4.41.